The molecule has 0 aliphatic carbocycles. The summed E-state index contributed by atoms with van der Waals surface area (Å²) < 4.78 is 0.721. The van der Waals surface area contributed by atoms with Crippen molar-refractivity contribution >= 4 is 33.2 Å². The summed E-state index contributed by atoms with van der Waals surface area (Å²) >= 11 is 4.55. The molecular weight excluding hydrogens is 278 g/mol. The van der Waals surface area contributed by atoms with Gasteiger partial charge < -0.3 is 11.1 Å². The maximum absolute atomic E-state index is 11.5. The van der Waals surface area contributed by atoms with E-state index in [1.54, 1.807) is 5.38 Å². The summed E-state index contributed by atoms with van der Waals surface area (Å²) in [6, 6.07) is -0.136. The van der Waals surface area contributed by atoms with Crippen LogP contribution in [-0.4, -0.2) is 17.4 Å². The minimum Gasteiger partial charge on any atom is -0.346 e. The number of nitrogens with zero attached hydrogens (tertiary/aromatic N) is 1. The van der Waals surface area contributed by atoms with Gasteiger partial charge in [-0.3, -0.25) is 4.79 Å². The number of hydrogen-bond acceptors (Lipinski definition) is 4. The zero-order valence-corrected chi connectivity index (χ0v) is 10.7. The first-order chi connectivity index (χ1) is 7.00. The number of thiazole rings is 1. The smallest absolute Gasteiger partial charge is 0.271 e. The molecular formula is C9H12BrN3OS. The van der Waals surface area contributed by atoms with Gasteiger partial charge in [-0.25, -0.2) is 4.98 Å². The van der Waals surface area contributed by atoms with E-state index in [2.05, 4.69) is 32.8 Å². The standard InChI is InChI=1S/C9H12BrN3OS/c1-5(10)3-12-8(14)7-4-15-9(13-7)6(2)11/h4,6H,1,3,11H2,2H3,(H,12,14). The van der Waals surface area contributed by atoms with Gasteiger partial charge in [-0.05, 0) is 6.92 Å². The SMILES string of the molecule is C=C(Br)CNC(=O)c1csc(C(C)N)n1. The van der Waals surface area contributed by atoms with E-state index >= 15 is 0 Å². The summed E-state index contributed by atoms with van der Waals surface area (Å²) in [4.78, 5) is 15.6. The molecule has 0 bridgehead atoms. The molecule has 0 aliphatic rings. The lowest BCUT2D eigenvalue weighted by molar-refractivity contribution is 0.0953. The fourth-order valence-corrected chi connectivity index (χ4v) is 1.77. The number of halogens is 1. The fraction of sp³-hybridized carbons (Fsp3) is 0.333. The zero-order chi connectivity index (χ0) is 11.4. The first kappa shape index (κ1) is 12.4. The number of hydrogen-bond donors (Lipinski definition) is 2. The van der Waals surface area contributed by atoms with Gasteiger partial charge in [0.05, 0.1) is 6.04 Å². The highest BCUT2D eigenvalue weighted by Gasteiger charge is 2.11. The van der Waals surface area contributed by atoms with Crippen molar-refractivity contribution in [2.45, 2.75) is 13.0 Å². The Bertz CT molecular complexity index is 375. The molecule has 1 rings (SSSR count). The van der Waals surface area contributed by atoms with Crippen molar-refractivity contribution in [1.29, 1.82) is 0 Å². The van der Waals surface area contributed by atoms with Crippen molar-refractivity contribution < 1.29 is 4.79 Å². The predicted molar refractivity (Wildman–Crippen MR) is 65.1 cm³/mol. The molecule has 1 heterocycles. The molecule has 1 aromatic heterocycles. The second kappa shape index (κ2) is 5.39. The molecule has 3 N–H and O–H groups in total. The molecule has 1 atom stereocenters. The van der Waals surface area contributed by atoms with Gasteiger partial charge in [0.15, 0.2) is 0 Å². The number of aromatic nitrogens is 1. The summed E-state index contributed by atoms with van der Waals surface area (Å²) in [5.41, 5.74) is 6.05. The van der Waals surface area contributed by atoms with Crippen LogP contribution >= 0.6 is 27.3 Å². The second-order valence-corrected chi connectivity index (χ2v) is 5.07. The van der Waals surface area contributed by atoms with Crippen LogP contribution in [0.2, 0.25) is 0 Å². The van der Waals surface area contributed by atoms with Gasteiger partial charge in [-0.1, -0.05) is 22.5 Å². The van der Waals surface area contributed by atoms with Gasteiger partial charge in [0.2, 0.25) is 0 Å². The molecule has 0 fully saturated rings. The Kier molecular flexibility index (Phi) is 4.44. The highest BCUT2D eigenvalue weighted by molar-refractivity contribution is 9.11. The average Bonchev–Trinajstić information content (AvgIpc) is 2.62. The van der Waals surface area contributed by atoms with Gasteiger partial charge in [0, 0.05) is 16.4 Å². The van der Waals surface area contributed by atoms with Gasteiger partial charge >= 0.3 is 0 Å². The van der Waals surface area contributed by atoms with Gasteiger partial charge in [-0.2, -0.15) is 0 Å². The minimum atomic E-state index is -0.209. The first-order valence-corrected chi connectivity index (χ1v) is 6.00. The van der Waals surface area contributed by atoms with Crippen LogP contribution < -0.4 is 11.1 Å². The number of nitrogens with two attached hydrogens (primary N) is 1. The maximum Gasteiger partial charge on any atom is 0.271 e. The largest absolute Gasteiger partial charge is 0.346 e. The Morgan fingerprint density at radius 3 is 3.00 bits per heavy atom. The van der Waals surface area contributed by atoms with Gasteiger partial charge in [-0.15, -0.1) is 11.3 Å². The monoisotopic (exact) mass is 289 g/mol. The van der Waals surface area contributed by atoms with Gasteiger partial charge in [0.1, 0.15) is 10.7 Å². The van der Waals surface area contributed by atoms with Crippen LogP contribution in [0.15, 0.2) is 16.4 Å². The number of rotatable bonds is 4. The zero-order valence-electron chi connectivity index (χ0n) is 8.29. The van der Waals surface area contributed by atoms with E-state index in [-0.39, 0.29) is 11.9 Å². The molecule has 0 spiro atoms. The lowest BCUT2D eigenvalue weighted by Crippen LogP contribution is -2.24. The van der Waals surface area contributed by atoms with Crippen LogP contribution in [0.5, 0.6) is 0 Å². The van der Waals surface area contributed by atoms with E-state index in [1.165, 1.54) is 11.3 Å². The molecule has 82 valence electrons. The molecule has 6 heteroatoms. The Labute approximate surface area is 101 Å². The third-order valence-corrected chi connectivity index (χ3v) is 2.91. The van der Waals surface area contributed by atoms with E-state index in [9.17, 15) is 4.79 Å². The van der Waals surface area contributed by atoms with Crippen molar-refractivity contribution in [2.24, 2.45) is 5.73 Å². The number of carbonyl (C=O) groups is 1. The minimum absolute atomic E-state index is 0.136. The molecule has 15 heavy (non-hydrogen) atoms. The molecule has 0 aromatic carbocycles. The van der Waals surface area contributed by atoms with E-state index < -0.39 is 0 Å². The Balaban J connectivity index is 2.62. The Morgan fingerprint density at radius 2 is 2.53 bits per heavy atom. The maximum atomic E-state index is 11.5. The molecule has 0 radical (unpaired) electrons. The van der Waals surface area contributed by atoms with E-state index in [0.29, 0.717) is 12.2 Å². The summed E-state index contributed by atoms with van der Waals surface area (Å²) in [6.45, 7) is 5.85. The lowest BCUT2D eigenvalue weighted by Gasteiger charge is -2.00. The predicted octanol–water partition coefficient (Wildman–Crippen LogP) is 1.80. The molecule has 0 aliphatic heterocycles. The third kappa shape index (κ3) is 3.73. The summed E-state index contributed by atoms with van der Waals surface area (Å²) in [6.07, 6.45) is 0. The first-order valence-electron chi connectivity index (χ1n) is 4.33. The van der Waals surface area contributed by atoms with Crippen LogP contribution in [0, 0.1) is 0 Å². The average molecular weight is 290 g/mol. The number of carbonyl (C=O) groups excluding carboxylic acids is 1. The summed E-state index contributed by atoms with van der Waals surface area (Å²) in [5, 5.41) is 5.13. The van der Waals surface area contributed by atoms with Crippen LogP contribution in [0.3, 0.4) is 0 Å². The van der Waals surface area contributed by atoms with Crippen LogP contribution in [0.25, 0.3) is 0 Å². The normalized spacial score (nSPS) is 12.2. The Hall–Kier alpha value is -0.720. The second-order valence-electron chi connectivity index (χ2n) is 3.06. The fourth-order valence-electron chi connectivity index (χ4n) is 0.868. The highest BCUT2D eigenvalue weighted by atomic mass is 79.9. The van der Waals surface area contributed by atoms with Crippen LogP contribution in [0.4, 0.5) is 0 Å². The van der Waals surface area contributed by atoms with Crippen LogP contribution in [0.1, 0.15) is 28.5 Å². The topological polar surface area (TPSA) is 68.0 Å². The number of nitrogens with one attached hydrogen (secondary N) is 1. The van der Waals surface area contributed by atoms with Gasteiger partial charge in [0.25, 0.3) is 5.91 Å². The van der Waals surface area contributed by atoms with Crippen molar-refractivity contribution in [3.63, 3.8) is 0 Å². The van der Waals surface area contributed by atoms with E-state index in [1.807, 2.05) is 6.92 Å². The molecule has 0 saturated carbocycles. The van der Waals surface area contributed by atoms with E-state index in [0.717, 1.165) is 9.49 Å². The highest BCUT2D eigenvalue weighted by Crippen LogP contribution is 2.15. The third-order valence-electron chi connectivity index (χ3n) is 1.58. The van der Waals surface area contributed by atoms with Crippen molar-refractivity contribution in [1.82, 2.24) is 10.3 Å². The molecule has 1 aromatic rings. The Morgan fingerprint density at radius 1 is 1.87 bits per heavy atom. The van der Waals surface area contributed by atoms with Crippen molar-refractivity contribution in [3.8, 4) is 0 Å². The summed E-state index contributed by atoms with van der Waals surface area (Å²) in [7, 11) is 0. The lowest BCUT2D eigenvalue weighted by atomic mass is 10.4. The molecule has 1 unspecified atom stereocenters. The van der Waals surface area contributed by atoms with Crippen molar-refractivity contribution in [3.05, 3.63) is 27.1 Å². The van der Waals surface area contributed by atoms with Crippen molar-refractivity contribution in [2.75, 3.05) is 6.54 Å². The molecule has 1 amide bonds. The molecule has 4 nitrogen and oxygen atoms in total. The summed E-state index contributed by atoms with van der Waals surface area (Å²) in [5.74, 6) is -0.209. The quantitative estimate of drug-likeness (QED) is 0.888. The van der Waals surface area contributed by atoms with Crippen LogP contribution in [-0.2, 0) is 0 Å². The number of amides is 1. The van der Waals surface area contributed by atoms with E-state index in [4.69, 9.17) is 5.73 Å². The molecule has 0 saturated heterocycles.